The number of urea groups is 1. The second kappa shape index (κ2) is 8.63. The number of imidazole rings is 1. The standard InChI is InChI=1S/C19H21N7O5/c1-20-19(30)21-7-11-13(27)14(28)18(31-11)26-9-24-12-15(22-8-23-16(12)26)25-17(29)10-5-3-2-4-6-10/h2-6,8-9,11,13-14,18,27-28H,7H2,1H3,(H2,20,21,30)(H,22,23,25,29)/t11-,13?,14+,18-/m1/s1. The third-order valence-electron chi connectivity index (χ3n) is 4.93. The van der Waals surface area contributed by atoms with E-state index in [9.17, 15) is 19.8 Å². The molecule has 3 amide bonds. The number of hydrogen-bond acceptors (Lipinski definition) is 8. The SMILES string of the molecule is CNC(=O)NC[C@H]1O[C@@H](n2cnc3c(NC(=O)c4ccccc4)ncnc32)[C@@H](O)C1O. The maximum atomic E-state index is 12.5. The average Bonchev–Trinajstić information content (AvgIpc) is 3.34. The quantitative estimate of drug-likeness (QED) is 0.368. The van der Waals surface area contributed by atoms with Crippen molar-refractivity contribution in [2.45, 2.75) is 24.5 Å². The van der Waals surface area contributed by atoms with Crippen LogP contribution in [0.5, 0.6) is 0 Å². The summed E-state index contributed by atoms with van der Waals surface area (Å²) in [6.45, 7) is -0.00556. The van der Waals surface area contributed by atoms with Gasteiger partial charge in [-0.05, 0) is 12.1 Å². The second-order valence-electron chi connectivity index (χ2n) is 6.87. The van der Waals surface area contributed by atoms with Crippen LogP contribution in [0, 0.1) is 0 Å². The number of aliphatic hydroxyl groups excluding tert-OH is 2. The van der Waals surface area contributed by atoms with Gasteiger partial charge in [0.2, 0.25) is 0 Å². The van der Waals surface area contributed by atoms with E-state index in [4.69, 9.17) is 4.74 Å². The normalized spacial score (nSPS) is 22.9. The van der Waals surface area contributed by atoms with Crippen molar-refractivity contribution in [3.8, 4) is 0 Å². The first kappa shape index (κ1) is 20.7. The van der Waals surface area contributed by atoms with Crippen LogP contribution in [0.2, 0.25) is 0 Å². The largest absolute Gasteiger partial charge is 0.387 e. The zero-order valence-electron chi connectivity index (χ0n) is 16.5. The highest BCUT2D eigenvalue weighted by Crippen LogP contribution is 2.32. The van der Waals surface area contributed by atoms with Crippen LogP contribution in [-0.4, -0.2) is 73.6 Å². The molecule has 1 aromatic carbocycles. The van der Waals surface area contributed by atoms with Gasteiger partial charge in [0.1, 0.15) is 24.6 Å². The molecule has 2 aromatic heterocycles. The lowest BCUT2D eigenvalue weighted by molar-refractivity contribution is -0.0335. The molecule has 0 radical (unpaired) electrons. The van der Waals surface area contributed by atoms with E-state index in [0.29, 0.717) is 16.7 Å². The summed E-state index contributed by atoms with van der Waals surface area (Å²) in [6, 6.07) is 8.21. The first-order valence-electron chi connectivity index (χ1n) is 9.50. The number of anilines is 1. The molecule has 12 nitrogen and oxygen atoms in total. The van der Waals surface area contributed by atoms with E-state index in [2.05, 4.69) is 30.9 Å². The molecule has 1 saturated heterocycles. The number of hydrogen-bond donors (Lipinski definition) is 5. The Kier molecular flexibility index (Phi) is 5.75. The minimum Gasteiger partial charge on any atom is -0.387 e. The summed E-state index contributed by atoms with van der Waals surface area (Å²) in [5.74, 6) is -0.161. The van der Waals surface area contributed by atoms with Crippen LogP contribution in [0.4, 0.5) is 10.6 Å². The van der Waals surface area contributed by atoms with Crippen molar-refractivity contribution in [1.82, 2.24) is 30.2 Å². The lowest BCUT2D eigenvalue weighted by Gasteiger charge is -2.16. The number of ether oxygens (including phenoxy) is 1. The van der Waals surface area contributed by atoms with Gasteiger partial charge in [0.05, 0.1) is 6.33 Å². The molecule has 0 spiro atoms. The van der Waals surface area contributed by atoms with Crippen LogP contribution >= 0.6 is 0 Å². The summed E-state index contributed by atoms with van der Waals surface area (Å²) in [5, 5.41) is 28.4. The van der Waals surface area contributed by atoms with Gasteiger partial charge in [-0.25, -0.2) is 19.7 Å². The number of aliphatic hydroxyl groups is 2. The predicted octanol–water partition coefficient (Wildman–Crippen LogP) is -0.373. The van der Waals surface area contributed by atoms with E-state index >= 15 is 0 Å². The van der Waals surface area contributed by atoms with Crippen molar-refractivity contribution in [3.05, 3.63) is 48.5 Å². The number of aromatic nitrogens is 4. The van der Waals surface area contributed by atoms with Gasteiger partial charge < -0.3 is 30.9 Å². The van der Waals surface area contributed by atoms with Crippen molar-refractivity contribution >= 4 is 28.9 Å². The van der Waals surface area contributed by atoms with Crippen LogP contribution in [0.15, 0.2) is 43.0 Å². The van der Waals surface area contributed by atoms with Gasteiger partial charge in [-0.15, -0.1) is 0 Å². The van der Waals surface area contributed by atoms with E-state index in [1.165, 1.54) is 24.3 Å². The molecule has 0 aliphatic carbocycles. The Morgan fingerprint density at radius 1 is 1.13 bits per heavy atom. The molecule has 4 rings (SSSR count). The van der Waals surface area contributed by atoms with Crippen molar-refractivity contribution < 1.29 is 24.5 Å². The number of fused-ring (bicyclic) bond motifs is 1. The van der Waals surface area contributed by atoms with Crippen molar-refractivity contribution in [2.24, 2.45) is 0 Å². The average molecular weight is 427 g/mol. The Labute approximate surface area is 176 Å². The van der Waals surface area contributed by atoms with Gasteiger partial charge in [0, 0.05) is 19.2 Å². The van der Waals surface area contributed by atoms with Crippen LogP contribution in [-0.2, 0) is 4.74 Å². The molecule has 31 heavy (non-hydrogen) atoms. The molecule has 1 aliphatic heterocycles. The van der Waals surface area contributed by atoms with Crippen molar-refractivity contribution in [2.75, 3.05) is 18.9 Å². The summed E-state index contributed by atoms with van der Waals surface area (Å²) >= 11 is 0. The highest BCUT2D eigenvalue weighted by atomic mass is 16.6. The Hall–Kier alpha value is -3.61. The highest BCUT2D eigenvalue weighted by Gasteiger charge is 2.44. The molecule has 12 heteroatoms. The Morgan fingerprint density at radius 2 is 1.90 bits per heavy atom. The molecule has 3 heterocycles. The topological polar surface area (TPSA) is 164 Å². The first-order valence-corrected chi connectivity index (χ1v) is 9.50. The number of rotatable bonds is 5. The minimum atomic E-state index is -1.29. The van der Waals surface area contributed by atoms with Crippen LogP contribution in [0.25, 0.3) is 11.2 Å². The molecular weight excluding hydrogens is 406 g/mol. The number of carbonyl (C=O) groups excluding carboxylic acids is 2. The third kappa shape index (κ3) is 4.03. The zero-order valence-corrected chi connectivity index (χ0v) is 16.5. The number of carbonyl (C=O) groups is 2. The highest BCUT2D eigenvalue weighted by molar-refractivity contribution is 6.06. The molecule has 1 unspecified atom stereocenters. The molecule has 1 fully saturated rings. The fourth-order valence-electron chi connectivity index (χ4n) is 3.31. The minimum absolute atomic E-state index is 0.00556. The molecule has 5 N–H and O–H groups in total. The van der Waals surface area contributed by atoms with E-state index in [1.54, 1.807) is 30.3 Å². The van der Waals surface area contributed by atoms with E-state index < -0.39 is 30.6 Å². The van der Waals surface area contributed by atoms with Gasteiger partial charge in [-0.3, -0.25) is 9.36 Å². The maximum Gasteiger partial charge on any atom is 0.314 e. The van der Waals surface area contributed by atoms with Crippen LogP contribution in [0.3, 0.4) is 0 Å². The predicted molar refractivity (Wildman–Crippen MR) is 108 cm³/mol. The molecule has 0 saturated carbocycles. The molecule has 1 aliphatic rings. The van der Waals surface area contributed by atoms with E-state index in [1.807, 2.05) is 0 Å². The summed E-state index contributed by atoms with van der Waals surface area (Å²) in [5.41, 5.74) is 1.05. The monoisotopic (exact) mass is 427 g/mol. The third-order valence-corrected chi connectivity index (χ3v) is 4.93. The summed E-state index contributed by atoms with van der Waals surface area (Å²) in [7, 11) is 1.46. The number of amides is 3. The van der Waals surface area contributed by atoms with Crippen LogP contribution < -0.4 is 16.0 Å². The van der Waals surface area contributed by atoms with Crippen molar-refractivity contribution in [3.63, 3.8) is 0 Å². The van der Waals surface area contributed by atoms with Crippen molar-refractivity contribution in [1.29, 1.82) is 0 Å². The van der Waals surface area contributed by atoms with E-state index in [-0.39, 0.29) is 18.3 Å². The maximum absolute atomic E-state index is 12.5. The Balaban J connectivity index is 1.56. The van der Waals surface area contributed by atoms with E-state index in [0.717, 1.165) is 0 Å². The van der Waals surface area contributed by atoms with Crippen LogP contribution in [0.1, 0.15) is 16.6 Å². The molecule has 4 atom stereocenters. The number of benzene rings is 1. The van der Waals surface area contributed by atoms with Gasteiger partial charge in [-0.1, -0.05) is 18.2 Å². The van der Waals surface area contributed by atoms with Gasteiger partial charge >= 0.3 is 6.03 Å². The number of nitrogens with one attached hydrogen (secondary N) is 3. The summed E-state index contributed by atoms with van der Waals surface area (Å²) in [4.78, 5) is 36.4. The lowest BCUT2D eigenvalue weighted by Crippen LogP contribution is -2.42. The molecule has 162 valence electrons. The van der Waals surface area contributed by atoms with Gasteiger partial charge in [0.25, 0.3) is 5.91 Å². The summed E-state index contributed by atoms with van der Waals surface area (Å²) < 4.78 is 7.20. The second-order valence-corrected chi connectivity index (χ2v) is 6.87. The summed E-state index contributed by atoms with van der Waals surface area (Å²) in [6.07, 6.45) is -1.72. The molecule has 3 aromatic rings. The molecular formula is C19H21N7O5. The zero-order chi connectivity index (χ0) is 22.0. The Bertz CT molecular complexity index is 1090. The fraction of sp³-hybridized carbons (Fsp3) is 0.316. The first-order chi connectivity index (χ1) is 15.0. The lowest BCUT2D eigenvalue weighted by atomic mass is 10.1. The Morgan fingerprint density at radius 3 is 2.65 bits per heavy atom. The van der Waals surface area contributed by atoms with Gasteiger partial charge in [0.15, 0.2) is 23.2 Å². The molecule has 0 bridgehead atoms. The smallest absolute Gasteiger partial charge is 0.314 e. The van der Waals surface area contributed by atoms with Gasteiger partial charge in [-0.2, -0.15) is 0 Å². The fourth-order valence-corrected chi connectivity index (χ4v) is 3.31. The number of nitrogens with zero attached hydrogens (tertiary/aromatic N) is 4.